The van der Waals surface area contributed by atoms with Crippen LogP contribution in [0.5, 0.6) is 5.75 Å². The van der Waals surface area contributed by atoms with Gasteiger partial charge in [-0.15, -0.1) is 11.3 Å². The summed E-state index contributed by atoms with van der Waals surface area (Å²) in [4.78, 5) is 21.3. The molecule has 3 aromatic rings. The maximum absolute atomic E-state index is 13.9. The average Bonchev–Trinajstić information content (AvgIpc) is 3.22. The van der Waals surface area contributed by atoms with E-state index in [4.69, 9.17) is 4.74 Å². The van der Waals surface area contributed by atoms with Gasteiger partial charge in [-0.25, -0.2) is 9.37 Å². The summed E-state index contributed by atoms with van der Waals surface area (Å²) >= 11 is 1.36. The fraction of sp³-hybridized carbons (Fsp3) is 0.273. The predicted octanol–water partition coefficient (Wildman–Crippen LogP) is 3.85. The van der Waals surface area contributed by atoms with Crippen molar-refractivity contribution < 1.29 is 13.9 Å². The van der Waals surface area contributed by atoms with Gasteiger partial charge in [0.25, 0.3) is 0 Å². The van der Waals surface area contributed by atoms with Gasteiger partial charge in [0.05, 0.1) is 24.9 Å². The number of carbonyl (C=O) groups excluding carboxylic acids is 1. The number of thiazole rings is 1. The first-order chi connectivity index (χ1) is 14.2. The molecule has 4 rings (SSSR count). The van der Waals surface area contributed by atoms with Crippen molar-refractivity contribution in [2.75, 3.05) is 38.2 Å². The molecule has 0 radical (unpaired) electrons. The molecule has 7 heteroatoms. The Morgan fingerprint density at radius 2 is 1.83 bits per heavy atom. The normalized spacial score (nSPS) is 14.1. The second kappa shape index (κ2) is 8.61. The molecular formula is C22H22FN3O2S. The lowest BCUT2D eigenvalue weighted by molar-refractivity contribution is -0.130. The Balaban J connectivity index is 1.37. The molecule has 0 N–H and O–H groups in total. The number of methoxy groups -OCH3 is 1. The predicted molar refractivity (Wildman–Crippen MR) is 113 cm³/mol. The van der Waals surface area contributed by atoms with Gasteiger partial charge in [-0.2, -0.15) is 0 Å². The number of amides is 1. The number of hydrogen-bond acceptors (Lipinski definition) is 5. The van der Waals surface area contributed by atoms with E-state index in [1.54, 1.807) is 25.3 Å². The van der Waals surface area contributed by atoms with Crippen LogP contribution in [0.25, 0.3) is 10.6 Å². The number of ether oxygens (including phenoxy) is 1. The van der Waals surface area contributed by atoms with Crippen molar-refractivity contribution in [3.05, 3.63) is 65.4 Å². The Morgan fingerprint density at radius 1 is 1.10 bits per heavy atom. The lowest BCUT2D eigenvalue weighted by Gasteiger charge is -2.36. The molecule has 0 aliphatic carbocycles. The number of aromatic nitrogens is 1. The molecule has 2 aromatic carbocycles. The van der Waals surface area contributed by atoms with Gasteiger partial charge in [-0.05, 0) is 24.3 Å². The maximum Gasteiger partial charge on any atom is 0.228 e. The van der Waals surface area contributed by atoms with E-state index in [1.807, 2.05) is 34.5 Å². The molecule has 1 aliphatic heterocycles. The molecule has 2 heterocycles. The SMILES string of the molecule is COc1ccccc1N1CCN(C(=O)Cc2csc(-c3ccccc3F)n2)CC1. The minimum Gasteiger partial charge on any atom is -0.495 e. The Kier molecular flexibility index (Phi) is 5.76. The smallest absolute Gasteiger partial charge is 0.228 e. The van der Waals surface area contributed by atoms with E-state index < -0.39 is 0 Å². The van der Waals surface area contributed by atoms with Crippen molar-refractivity contribution in [3.8, 4) is 16.3 Å². The number of rotatable bonds is 5. The van der Waals surface area contributed by atoms with Gasteiger partial charge in [0.1, 0.15) is 16.6 Å². The third-order valence-corrected chi connectivity index (χ3v) is 5.97. The fourth-order valence-corrected chi connectivity index (χ4v) is 4.35. The third-order valence-electron chi connectivity index (χ3n) is 5.05. The van der Waals surface area contributed by atoms with Gasteiger partial charge < -0.3 is 14.5 Å². The molecule has 0 bridgehead atoms. The molecule has 0 spiro atoms. The summed E-state index contributed by atoms with van der Waals surface area (Å²) in [6.07, 6.45) is 0.236. The van der Waals surface area contributed by atoms with Crippen LogP contribution in [0.1, 0.15) is 5.69 Å². The van der Waals surface area contributed by atoms with Crippen molar-refractivity contribution in [2.24, 2.45) is 0 Å². The number of hydrogen-bond donors (Lipinski definition) is 0. The molecule has 1 fully saturated rings. The zero-order valence-electron chi connectivity index (χ0n) is 16.2. The van der Waals surface area contributed by atoms with Crippen LogP contribution in [-0.2, 0) is 11.2 Å². The minimum atomic E-state index is -0.299. The highest BCUT2D eigenvalue weighted by atomic mass is 32.1. The number of piperazine rings is 1. The van der Waals surface area contributed by atoms with Crippen molar-refractivity contribution >= 4 is 22.9 Å². The molecule has 0 saturated carbocycles. The summed E-state index contributed by atoms with van der Waals surface area (Å²) < 4.78 is 19.4. The zero-order valence-corrected chi connectivity index (χ0v) is 17.0. The van der Waals surface area contributed by atoms with Crippen LogP contribution < -0.4 is 9.64 Å². The van der Waals surface area contributed by atoms with Crippen LogP contribution in [0.2, 0.25) is 0 Å². The Labute approximate surface area is 173 Å². The van der Waals surface area contributed by atoms with Gasteiger partial charge in [-0.3, -0.25) is 4.79 Å². The number of anilines is 1. The van der Waals surface area contributed by atoms with Gasteiger partial charge >= 0.3 is 0 Å². The van der Waals surface area contributed by atoms with Crippen LogP contribution in [-0.4, -0.2) is 49.1 Å². The molecular weight excluding hydrogens is 389 g/mol. The number of para-hydroxylation sites is 2. The highest BCUT2D eigenvalue weighted by Crippen LogP contribution is 2.29. The van der Waals surface area contributed by atoms with Gasteiger partial charge in [0.15, 0.2) is 0 Å². The highest BCUT2D eigenvalue weighted by molar-refractivity contribution is 7.13. The van der Waals surface area contributed by atoms with Crippen LogP contribution in [0.3, 0.4) is 0 Å². The van der Waals surface area contributed by atoms with Crippen LogP contribution >= 0.6 is 11.3 Å². The molecule has 1 aliphatic rings. The second-order valence-corrected chi connectivity index (χ2v) is 7.70. The minimum absolute atomic E-state index is 0.0510. The lowest BCUT2D eigenvalue weighted by Crippen LogP contribution is -2.49. The topological polar surface area (TPSA) is 45.7 Å². The molecule has 0 atom stereocenters. The number of carbonyl (C=O) groups is 1. The molecule has 1 amide bonds. The number of nitrogens with zero attached hydrogens (tertiary/aromatic N) is 3. The summed E-state index contributed by atoms with van der Waals surface area (Å²) in [5.74, 6) is 0.595. The Bertz CT molecular complexity index is 999. The van der Waals surface area contributed by atoms with E-state index in [-0.39, 0.29) is 18.1 Å². The standard InChI is InChI=1S/C22H22FN3O2S/c1-28-20-9-5-4-8-19(20)25-10-12-26(13-11-25)21(27)14-16-15-29-22(24-16)17-6-2-3-7-18(17)23/h2-9,15H,10-14H2,1H3. The first-order valence-electron chi connectivity index (χ1n) is 9.51. The van der Waals surface area contributed by atoms with E-state index >= 15 is 0 Å². The molecule has 0 unspecified atom stereocenters. The summed E-state index contributed by atoms with van der Waals surface area (Å²) in [6.45, 7) is 2.82. The second-order valence-electron chi connectivity index (χ2n) is 6.84. The van der Waals surface area contributed by atoms with Gasteiger partial charge in [0, 0.05) is 37.1 Å². The van der Waals surface area contributed by atoms with Crippen molar-refractivity contribution in [1.82, 2.24) is 9.88 Å². The van der Waals surface area contributed by atoms with E-state index in [9.17, 15) is 9.18 Å². The van der Waals surface area contributed by atoms with E-state index in [0.717, 1.165) is 24.5 Å². The van der Waals surface area contributed by atoms with Crippen LogP contribution in [0.4, 0.5) is 10.1 Å². The van der Waals surface area contributed by atoms with Crippen LogP contribution in [0, 0.1) is 5.82 Å². The monoisotopic (exact) mass is 411 g/mol. The van der Waals surface area contributed by atoms with E-state index in [0.29, 0.717) is 29.4 Å². The highest BCUT2D eigenvalue weighted by Gasteiger charge is 2.23. The quantitative estimate of drug-likeness (QED) is 0.640. The summed E-state index contributed by atoms with van der Waals surface area (Å²) in [6, 6.07) is 14.5. The number of benzene rings is 2. The average molecular weight is 412 g/mol. The van der Waals surface area contributed by atoms with E-state index in [1.165, 1.54) is 17.4 Å². The third kappa shape index (κ3) is 4.24. The summed E-state index contributed by atoms with van der Waals surface area (Å²) in [5.41, 5.74) is 2.21. The van der Waals surface area contributed by atoms with Gasteiger partial charge in [-0.1, -0.05) is 24.3 Å². The first-order valence-corrected chi connectivity index (χ1v) is 10.4. The fourth-order valence-electron chi connectivity index (χ4n) is 3.50. The first kappa shape index (κ1) is 19.4. The Morgan fingerprint density at radius 3 is 2.59 bits per heavy atom. The number of halogens is 1. The Hall–Kier alpha value is -2.93. The zero-order chi connectivity index (χ0) is 20.2. The summed E-state index contributed by atoms with van der Waals surface area (Å²) in [5, 5.41) is 2.44. The van der Waals surface area contributed by atoms with E-state index in [2.05, 4.69) is 9.88 Å². The maximum atomic E-state index is 13.9. The van der Waals surface area contributed by atoms with Gasteiger partial charge in [0.2, 0.25) is 5.91 Å². The molecule has 1 aromatic heterocycles. The summed E-state index contributed by atoms with van der Waals surface area (Å²) in [7, 11) is 1.67. The molecule has 150 valence electrons. The van der Waals surface area contributed by atoms with Crippen molar-refractivity contribution in [2.45, 2.75) is 6.42 Å². The molecule has 29 heavy (non-hydrogen) atoms. The lowest BCUT2D eigenvalue weighted by atomic mass is 10.2. The van der Waals surface area contributed by atoms with Crippen LogP contribution in [0.15, 0.2) is 53.9 Å². The largest absolute Gasteiger partial charge is 0.495 e. The molecule has 5 nitrogen and oxygen atoms in total. The van der Waals surface area contributed by atoms with Crippen molar-refractivity contribution in [1.29, 1.82) is 0 Å². The van der Waals surface area contributed by atoms with Crippen molar-refractivity contribution in [3.63, 3.8) is 0 Å². The molecule has 1 saturated heterocycles.